The second kappa shape index (κ2) is 8.89. The number of nitrogens with one attached hydrogen (secondary N) is 2. The molecule has 2 rings (SSSR count). The molecule has 0 unspecified atom stereocenters. The van der Waals surface area contributed by atoms with E-state index in [2.05, 4.69) is 10.6 Å². The largest absolute Gasteiger partial charge is 0.478 e. The smallest absolute Gasteiger partial charge is 0.346 e. The molecule has 0 aliphatic heterocycles. The summed E-state index contributed by atoms with van der Waals surface area (Å²) in [6.45, 7) is -0.317. The molecule has 3 N–H and O–H groups in total. The first kappa shape index (κ1) is 18.5. The number of carboxylic acids is 1. The van der Waals surface area contributed by atoms with E-state index >= 15 is 0 Å². The van der Waals surface area contributed by atoms with Gasteiger partial charge in [0.05, 0.1) is 23.8 Å². The number of hydrogen-bond acceptors (Lipinski definition) is 4. The van der Waals surface area contributed by atoms with Crippen molar-refractivity contribution in [3.63, 3.8) is 0 Å². The Morgan fingerprint density at radius 2 is 1.84 bits per heavy atom. The number of benzene rings is 2. The van der Waals surface area contributed by atoms with E-state index in [1.165, 1.54) is 12.1 Å². The topological polar surface area (TPSA) is 87.7 Å². The number of rotatable bonds is 8. The van der Waals surface area contributed by atoms with Crippen LogP contribution in [0.2, 0.25) is 5.02 Å². The maximum absolute atomic E-state index is 12.8. The van der Waals surface area contributed by atoms with E-state index in [9.17, 15) is 14.0 Å². The van der Waals surface area contributed by atoms with Crippen LogP contribution >= 0.6 is 11.6 Å². The Balaban J connectivity index is 1.83. The van der Waals surface area contributed by atoms with Crippen molar-refractivity contribution in [2.75, 3.05) is 18.4 Å². The fourth-order valence-corrected chi connectivity index (χ4v) is 2.11. The fourth-order valence-electron chi connectivity index (χ4n) is 1.91. The Hall–Kier alpha value is -2.80. The van der Waals surface area contributed by atoms with Crippen LogP contribution in [0.5, 0.6) is 5.75 Å². The van der Waals surface area contributed by atoms with Crippen molar-refractivity contribution in [3.8, 4) is 5.75 Å². The van der Waals surface area contributed by atoms with E-state index in [4.69, 9.17) is 21.4 Å². The molecule has 0 bridgehead atoms. The monoisotopic (exact) mass is 366 g/mol. The predicted molar refractivity (Wildman–Crippen MR) is 91.4 cm³/mol. The summed E-state index contributed by atoms with van der Waals surface area (Å²) in [4.78, 5) is 23.1. The molecule has 0 radical (unpaired) electrons. The third-order valence-corrected chi connectivity index (χ3v) is 3.49. The van der Waals surface area contributed by atoms with Gasteiger partial charge in [-0.3, -0.25) is 4.79 Å². The van der Waals surface area contributed by atoms with Gasteiger partial charge in [0.15, 0.2) is 0 Å². The highest BCUT2D eigenvalue weighted by molar-refractivity contribution is 6.33. The molecule has 25 heavy (non-hydrogen) atoms. The van der Waals surface area contributed by atoms with Gasteiger partial charge in [-0.05, 0) is 36.4 Å². The van der Waals surface area contributed by atoms with Gasteiger partial charge in [-0.25, -0.2) is 9.18 Å². The van der Waals surface area contributed by atoms with Crippen LogP contribution in [0, 0.1) is 5.82 Å². The second-order valence-corrected chi connectivity index (χ2v) is 5.44. The van der Waals surface area contributed by atoms with Gasteiger partial charge >= 0.3 is 5.97 Å². The van der Waals surface area contributed by atoms with Gasteiger partial charge in [0, 0.05) is 0 Å². The van der Waals surface area contributed by atoms with Gasteiger partial charge < -0.3 is 20.5 Å². The van der Waals surface area contributed by atoms with Gasteiger partial charge in [-0.2, -0.15) is 0 Å². The third-order valence-electron chi connectivity index (χ3n) is 3.17. The summed E-state index contributed by atoms with van der Waals surface area (Å²) in [7, 11) is 0. The van der Waals surface area contributed by atoms with Crippen molar-refractivity contribution in [1.82, 2.24) is 5.32 Å². The number of carbonyl (C=O) groups excluding carboxylic acids is 1. The van der Waals surface area contributed by atoms with Gasteiger partial charge in [0.2, 0.25) is 12.0 Å². The molecule has 0 heterocycles. The molecule has 6 nitrogen and oxygen atoms in total. The first-order valence-corrected chi connectivity index (χ1v) is 7.73. The van der Waals surface area contributed by atoms with Crippen molar-refractivity contribution in [2.24, 2.45) is 0 Å². The Bertz CT molecular complexity index is 740. The van der Waals surface area contributed by atoms with E-state index in [-0.39, 0.29) is 18.8 Å². The molecular formula is C17H16ClFN2O4. The van der Waals surface area contributed by atoms with Crippen LogP contribution < -0.4 is 15.4 Å². The second-order valence-electron chi connectivity index (χ2n) is 5.04. The van der Waals surface area contributed by atoms with Crippen LogP contribution in [0.1, 0.15) is 0 Å². The summed E-state index contributed by atoms with van der Waals surface area (Å²) in [5, 5.41) is 14.9. The van der Waals surface area contributed by atoms with Crippen LogP contribution in [0.3, 0.4) is 0 Å². The molecule has 0 spiro atoms. The maximum Gasteiger partial charge on any atom is 0.346 e. The Labute approximate surface area is 148 Å². The Morgan fingerprint density at radius 1 is 1.16 bits per heavy atom. The van der Waals surface area contributed by atoms with Crippen LogP contribution in [0.15, 0.2) is 48.5 Å². The van der Waals surface area contributed by atoms with Crippen LogP contribution in [-0.2, 0) is 9.59 Å². The lowest BCUT2D eigenvalue weighted by Gasteiger charge is -2.16. The van der Waals surface area contributed by atoms with Gasteiger partial charge in [0.1, 0.15) is 11.6 Å². The Morgan fingerprint density at radius 3 is 2.48 bits per heavy atom. The molecule has 1 atom stereocenters. The highest BCUT2D eigenvalue weighted by Gasteiger charge is 2.20. The number of carbonyl (C=O) groups is 2. The minimum atomic E-state index is -1.30. The zero-order valence-corrected chi connectivity index (χ0v) is 13.8. The lowest BCUT2D eigenvalue weighted by atomic mass is 10.3. The normalized spacial score (nSPS) is 11.4. The van der Waals surface area contributed by atoms with Crippen molar-refractivity contribution >= 4 is 29.2 Å². The molecule has 0 aliphatic carbocycles. The average Bonchev–Trinajstić information content (AvgIpc) is 2.59. The minimum Gasteiger partial charge on any atom is -0.478 e. The van der Waals surface area contributed by atoms with E-state index < -0.39 is 23.8 Å². The summed E-state index contributed by atoms with van der Waals surface area (Å²) in [5.74, 6) is -1.94. The molecule has 2 aromatic rings. The first-order valence-electron chi connectivity index (χ1n) is 7.36. The van der Waals surface area contributed by atoms with Crippen molar-refractivity contribution in [1.29, 1.82) is 0 Å². The molecular weight excluding hydrogens is 351 g/mol. The lowest BCUT2D eigenvalue weighted by Crippen LogP contribution is -2.42. The zero-order chi connectivity index (χ0) is 18.2. The number of hydrogen-bond donors (Lipinski definition) is 3. The SMILES string of the molecule is O=C(CNc1ccccc1Cl)NC[C@H](Oc1ccc(F)cc1)C(=O)O. The van der Waals surface area contributed by atoms with E-state index in [0.717, 1.165) is 12.1 Å². The van der Waals surface area contributed by atoms with Crippen molar-refractivity contribution in [3.05, 3.63) is 59.4 Å². The number of carboxylic acid groups (broad SMARTS) is 1. The molecule has 0 aromatic heterocycles. The maximum atomic E-state index is 12.8. The molecule has 0 saturated carbocycles. The molecule has 0 saturated heterocycles. The molecule has 1 amide bonds. The van der Waals surface area contributed by atoms with E-state index in [0.29, 0.717) is 10.7 Å². The summed E-state index contributed by atoms with van der Waals surface area (Å²) in [5.41, 5.74) is 0.594. The zero-order valence-electron chi connectivity index (χ0n) is 13.0. The van der Waals surface area contributed by atoms with Gasteiger partial charge in [-0.1, -0.05) is 23.7 Å². The number of halogens is 2. The van der Waals surface area contributed by atoms with Gasteiger partial charge in [0.25, 0.3) is 0 Å². The molecule has 132 valence electrons. The standard InChI is InChI=1S/C17H16ClFN2O4/c18-13-3-1-2-4-14(13)20-10-16(22)21-9-15(17(23)24)25-12-7-5-11(19)6-8-12/h1-8,15,20H,9-10H2,(H,21,22)(H,23,24)/t15-/m0/s1. The molecule has 8 heteroatoms. The lowest BCUT2D eigenvalue weighted by molar-refractivity contribution is -0.145. The van der Waals surface area contributed by atoms with Gasteiger partial charge in [-0.15, -0.1) is 0 Å². The first-order chi connectivity index (χ1) is 12.0. The van der Waals surface area contributed by atoms with Crippen molar-refractivity contribution < 1.29 is 23.8 Å². The third kappa shape index (κ3) is 5.96. The Kier molecular flexibility index (Phi) is 6.59. The summed E-state index contributed by atoms with van der Waals surface area (Å²) in [6.07, 6.45) is -1.30. The minimum absolute atomic E-state index is 0.0768. The highest BCUT2D eigenvalue weighted by Crippen LogP contribution is 2.19. The summed E-state index contributed by atoms with van der Waals surface area (Å²) in [6, 6.07) is 11.9. The molecule has 2 aromatic carbocycles. The number of para-hydroxylation sites is 1. The van der Waals surface area contributed by atoms with Crippen LogP contribution in [0.25, 0.3) is 0 Å². The van der Waals surface area contributed by atoms with Crippen LogP contribution in [0.4, 0.5) is 10.1 Å². The van der Waals surface area contributed by atoms with E-state index in [1.807, 2.05) is 0 Å². The molecule has 0 aliphatic rings. The van der Waals surface area contributed by atoms with Crippen LogP contribution in [-0.4, -0.2) is 36.2 Å². The summed E-state index contributed by atoms with van der Waals surface area (Å²) >= 11 is 5.96. The quantitative estimate of drug-likeness (QED) is 0.668. The number of ether oxygens (including phenoxy) is 1. The van der Waals surface area contributed by atoms with Crippen molar-refractivity contribution in [2.45, 2.75) is 6.10 Å². The number of aliphatic carboxylic acids is 1. The van der Waals surface area contributed by atoms with E-state index in [1.54, 1.807) is 24.3 Å². The average molecular weight is 367 g/mol. The summed E-state index contributed by atoms with van der Waals surface area (Å²) < 4.78 is 18.1. The fraction of sp³-hybridized carbons (Fsp3) is 0.176. The predicted octanol–water partition coefficient (Wildman–Crippen LogP) is 2.54. The number of anilines is 1. The molecule has 0 fully saturated rings. The highest BCUT2D eigenvalue weighted by atomic mass is 35.5. The number of amides is 1.